The van der Waals surface area contributed by atoms with Crippen LogP contribution in [0.4, 0.5) is 5.69 Å². The van der Waals surface area contributed by atoms with Crippen molar-refractivity contribution in [3.8, 4) is 6.07 Å². The SMILES string of the molecule is N#Cc1c(Cl)cccc1NC1CC1. The maximum Gasteiger partial charge on any atom is 0.103 e. The maximum atomic E-state index is 8.86. The molecule has 1 aliphatic carbocycles. The third kappa shape index (κ3) is 1.76. The second-order valence-electron chi connectivity index (χ2n) is 3.19. The first-order valence-corrected chi connectivity index (χ1v) is 4.64. The highest BCUT2D eigenvalue weighted by molar-refractivity contribution is 6.32. The standard InChI is InChI=1S/C10H9ClN2/c11-9-2-1-3-10(8(9)6-12)13-7-4-5-7/h1-3,7,13H,4-5H2. The van der Waals surface area contributed by atoms with E-state index in [1.54, 1.807) is 6.07 Å². The Morgan fingerprint density at radius 2 is 2.23 bits per heavy atom. The van der Waals surface area contributed by atoms with Crippen molar-refractivity contribution in [2.75, 3.05) is 5.32 Å². The van der Waals surface area contributed by atoms with Crippen LogP contribution in [0.1, 0.15) is 18.4 Å². The van der Waals surface area contributed by atoms with E-state index < -0.39 is 0 Å². The van der Waals surface area contributed by atoms with E-state index >= 15 is 0 Å². The number of nitrogens with zero attached hydrogens (tertiary/aromatic N) is 1. The Hall–Kier alpha value is -1.20. The van der Waals surface area contributed by atoms with Gasteiger partial charge in [-0.3, -0.25) is 0 Å². The van der Waals surface area contributed by atoms with Crippen LogP contribution in [0.5, 0.6) is 0 Å². The normalized spacial score (nSPS) is 15.1. The molecule has 13 heavy (non-hydrogen) atoms. The lowest BCUT2D eigenvalue weighted by Gasteiger charge is -2.06. The van der Waals surface area contributed by atoms with Crippen LogP contribution in [0.15, 0.2) is 18.2 Å². The number of nitriles is 1. The molecule has 1 aromatic carbocycles. The number of hydrogen-bond acceptors (Lipinski definition) is 2. The van der Waals surface area contributed by atoms with Gasteiger partial charge in [0.15, 0.2) is 0 Å². The van der Waals surface area contributed by atoms with Gasteiger partial charge in [0, 0.05) is 6.04 Å². The van der Waals surface area contributed by atoms with Crippen molar-refractivity contribution < 1.29 is 0 Å². The molecule has 0 radical (unpaired) electrons. The molecule has 1 N–H and O–H groups in total. The minimum Gasteiger partial charge on any atom is -0.381 e. The molecule has 0 bridgehead atoms. The van der Waals surface area contributed by atoms with Gasteiger partial charge in [0.05, 0.1) is 16.3 Å². The summed E-state index contributed by atoms with van der Waals surface area (Å²) in [5, 5.41) is 12.6. The molecule has 1 saturated carbocycles. The summed E-state index contributed by atoms with van der Waals surface area (Å²) in [7, 11) is 0. The fraction of sp³-hybridized carbons (Fsp3) is 0.300. The van der Waals surface area contributed by atoms with E-state index in [-0.39, 0.29) is 0 Å². The minimum absolute atomic E-state index is 0.521. The number of rotatable bonds is 2. The largest absolute Gasteiger partial charge is 0.381 e. The average Bonchev–Trinajstić information content (AvgIpc) is 2.89. The van der Waals surface area contributed by atoms with Crippen LogP contribution in [0, 0.1) is 11.3 Å². The third-order valence-electron chi connectivity index (χ3n) is 2.06. The summed E-state index contributed by atoms with van der Waals surface area (Å²) in [5.41, 5.74) is 1.41. The smallest absolute Gasteiger partial charge is 0.103 e. The van der Waals surface area contributed by atoms with E-state index in [4.69, 9.17) is 16.9 Å². The van der Waals surface area contributed by atoms with Crippen LogP contribution in [0.25, 0.3) is 0 Å². The van der Waals surface area contributed by atoms with Gasteiger partial charge in [-0.2, -0.15) is 5.26 Å². The van der Waals surface area contributed by atoms with Crippen molar-refractivity contribution in [1.82, 2.24) is 0 Å². The lowest BCUT2D eigenvalue weighted by atomic mass is 10.2. The topological polar surface area (TPSA) is 35.8 Å². The van der Waals surface area contributed by atoms with Crippen molar-refractivity contribution in [3.63, 3.8) is 0 Å². The summed E-state index contributed by atoms with van der Waals surface area (Å²) in [6.45, 7) is 0. The molecule has 1 fully saturated rings. The average molecular weight is 193 g/mol. The lowest BCUT2D eigenvalue weighted by molar-refractivity contribution is 1.15. The van der Waals surface area contributed by atoms with Gasteiger partial charge in [0.1, 0.15) is 6.07 Å². The predicted octanol–water partition coefficient (Wildman–Crippen LogP) is 2.79. The monoisotopic (exact) mass is 192 g/mol. The number of anilines is 1. The molecule has 0 unspecified atom stereocenters. The Balaban J connectivity index is 2.32. The van der Waals surface area contributed by atoms with Crippen LogP contribution in [0.2, 0.25) is 5.02 Å². The quantitative estimate of drug-likeness (QED) is 0.782. The van der Waals surface area contributed by atoms with Crippen LogP contribution in [-0.2, 0) is 0 Å². The Morgan fingerprint density at radius 3 is 2.85 bits per heavy atom. The Kier molecular flexibility index (Phi) is 2.12. The van der Waals surface area contributed by atoms with Crippen molar-refractivity contribution in [2.45, 2.75) is 18.9 Å². The van der Waals surface area contributed by atoms with Gasteiger partial charge in [-0.15, -0.1) is 0 Å². The first-order chi connectivity index (χ1) is 6.31. The molecule has 3 heteroatoms. The van der Waals surface area contributed by atoms with E-state index in [0.717, 1.165) is 5.69 Å². The summed E-state index contributed by atoms with van der Waals surface area (Å²) < 4.78 is 0. The fourth-order valence-electron chi connectivity index (χ4n) is 1.21. The van der Waals surface area contributed by atoms with Crippen LogP contribution < -0.4 is 5.32 Å². The zero-order chi connectivity index (χ0) is 9.26. The highest BCUT2D eigenvalue weighted by atomic mass is 35.5. The Morgan fingerprint density at radius 1 is 1.46 bits per heavy atom. The molecule has 66 valence electrons. The lowest BCUT2D eigenvalue weighted by Crippen LogP contribution is -2.02. The van der Waals surface area contributed by atoms with Gasteiger partial charge < -0.3 is 5.32 Å². The number of hydrogen-bond donors (Lipinski definition) is 1. The third-order valence-corrected chi connectivity index (χ3v) is 2.38. The molecule has 0 atom stereocenters. The van der Waals surface area contributed by atoms with Crippen molar-refractivity contribution in [2.24, 2.45) is 0 Å². The highest BCUT2D eigenvalue weighted by Crippen LogP contribution is 2.29. The summed E-state index contributed by atoms with van der Waals surface area (Å²) >= 11 is 5.87. The zero-order valence-corrected chi connectivity index (χ0v) is 7.80. The number of benzene rings is 1. The van der Waals surface area contributed by atoms with Gasteiger partial charge in [-0.25, -0.2) is 0 Å². The van der Waals surface area contributed by atoms with E-state index in [9.17, 15) is 0 Å². The summed E-state index contributed by atoms with van der Waals surface area (Å²) in [4.78, 5) is 0. The molecule has 2 rings (SSSR count). The molecule has 0 aliphatic heterocycles. The van der Waals surface area contributed by atoms with E-state index in [1.807, 2.05) is 12.1 Å². The molecule has 0 amide bonds. The van der Waals surface area contributed by atoms with Gasteiger partial charge in [-0.05, 0) is 25.0 Å². The van der Waals surface area contributed by atoms with E-state index in [2.05, 4.69) is 11.4 Å². The zero-order valence-electron chi connectivity index (χ0n) is 7.05. The van der Waals surface area contributed by atoms with Gasteiger partial charge in [0.2, 0.25) is 0 Å². The minimum atomic E-state index is 0.521. The first kappa shape index (κ1) is 8.40. The molecule has 2 nitrogen and oxygen atoms in total. The van der Waals surface area contributed by atoms with Crippen molar-refractivity contribution in [1.29, 1.82) is 5.26 Å². The van der Waals surface area contributed by atoms with Crippen LogP contribution >= 0.6 is 11.6 Å². The number of nitrogens with one attached hydrogen (secondary N) is 1. The second kappa shape index (κ2) is 3.27. The molecule has 0 saturated heterocycles. The Bertz CT molecular complexity index is 364. The summed E-state index contributed by atoms with van der Waals surface area (Å²) in [5.74, 6) is 0. The van der Waals surface area contributed by atoms with Gasteiger partial charge in [-0.1, -0.05) is 17.7 Å². The maximum absolute atomic E-state index is 8.86. The van der Waals surface area contributed by atoms with Crippen LogP contribution in [-0.4, -0.2) is 6.04 Å². The second-order valence-corrected chi connectivity index (χ2v) is 3.60. The predicted molar refractivity (Wildman–Crippen MR) is 52.8 cm³/mol. The molecule has 1 aliphatic rings. The first-order valence-electron chi connectivity index (χ1n) is 4.26. The summed E-state index contributed by atoms with van der Waals surface area (Å²) in [6.07, 6.45) is 2.38. The van der Waals surface area contributed by atoms with Crippen LogP contribution in [0.3, 0.4) is 0 Å². The number of halogens is 1. The molecular formula is C10H9ClN2. The molecule has 1 aromatic rings. The molecule has 0 aromatic heterocycles. The van der Waals surface area contributed by atoms with Gasteiger partial charge >= 0.3 is 0 Å². The Labute approximate surface area is 82.1 Å². The van der Waals surface area contributed by atoms with E-state index in [0.29, 0.717) is 16.6 Å². The summed E-state index contributed by atoms with van der Waals surface area (Å²) in [6, 6.07) is 8.13. The van der Waals surface area contributed by atoms with Crippen molar-refractivity contribution in [3.05, 3.63) is 28.8 Å². The highest BCUT2D eigenvalue weighted by Gasteiger charge is 2.22. The van der Waals surface area contributed by atoms with Gasteiger partial charge in [0.25, 0.3) is 0 Å². The molecule has 0 spiro atoms. The van der Waals surface area contributed by atoms with E-state index in [1.165, 1.54) is 12.8 Å². The van der Waals surface area contributed by atoms with Crippen molar-refractivity contribution >= 4 is 17.3 Å². The molecule has 0 heterocycles. The molecular weight excluding hydrogens is 184 g/mol. The fourth-order valence-corrected chi connectivity index (χ4v) is 1.42.